The summed E-state index contributed by atoms with van der Waals surface area (Å²) in [7, 11) is 0. The number of nitriles is 1. The maximum atomic E-state index is 10.4. The third-order valence-electron chi connectivity index (χ3n) is 1.35. The number of carbonyl (C=O) groups is 1. The fourth-order valence-corrected chi connectivity index (χ4v) is 0.818. The number of primary amides is 1. The number of rotatable bonds is 2. The topological polar surface area (TPSA) is 66.9 Å². The molecule has 0 bridgehead atoms. The molecule has 1 amide bonds. The van der Waals surface area contributed by atoms with Crippen LogP contribution in [0.1, 0.15) is 11.1 Å². The Morgan fingerprint density at radius 1 is 1.42 bits per heavy atom. The van der Waals surface area contributed by atoms with Crippen molar-refractivity contribution in [2.75, 3.05) is 0 Å². The quantitative estimate of drug-likeness (QED) is 0.686. The highest BCUT2D eigenvalue weighted by molar-refractivity contribution is 5.86. The lowest BCUT2D eigenvalue weighted by molar-refractivity contribution is -0.114. The zero-order valence-corrected chi connectivity index (χ0v) is 6.32. The van der Waals surface area contributed by atoms with E-state index in [-0.39, 0.29) is 0 Å². The van der Waals surface area contributed by atoms with Gasteiger partial charge in [0.2, 0.25) is 5.91 Å². The minimum atomic E-state index is -0.486. The third kappa shape index (κ3) is 2.10. The monoisotopic (exact) mass is 159 g/mol. The summed E-state index contributed by atoms with van der Waals surface area (Å²) in [5, 5.41) is 8.46. The van der Waals surface area contributed by atoms with E-state index in [1.807, 2.05) is 6.07 Å². The second-order valence-electron chi connectivity index (χ2n) is 2.28. The molecule has 1 rings (SSSR count). The summed E-state index contributed by atoms with van der Waals surface area (Å²) >= 11 is 0. The van der Waals surface area contributed by atoms with E-state index in [0.717, 1.165) is 0 Å². The molecule has 2 N–H and O–H groups in total. The van der Waals surface area contributed by atoms with Gasteiger partial charge in [-0.1, -0.05) is 12.1 Å². The van der Waals surface area contributed by atoms with E-state index >= 15 is 0 Å². The van der Waals surface area contributed by atoms with Crippen LogP contribution in [0.4, 0.5) is 0 Å². The average molecular weight is 159 g/mol. The maximum absolute atomic E-state index is 10.4. The largest absolute Gasteiger partial charge is 0.369 e. The lowest BCUT2D eigenvalue weighted by Crippen LogP contribution is -2.11. The van der Waals surface area contributed by atoms with Gasteiger partial charge >= 0.3 is 0 Å². The van der Waals surface area contributed by atoms with E-state index in [1.165, 1.54) is 6.42 Å². The molecule has 3 heteroatoms. The minimum absolute atomic E-state index is 0.486. The predicted octanol–water partition coefficient (Wildman–Crippen LogP) is 0.596. The second-order valence-corrected chi connectivity index (χ2v) is 2.28. The van der Waals surface area contributed by atoms with Crippen LogP contribution in [0.5, 0.6) is 0 Å². The predicted molar refractivity (Wildman–Crippen MR) is 43.8 cm³/mol. The molecule has 0 aliphatic heterocycles. The number of benzene rings is 1. The highest BCUT2D eigenvalue weighted by atomic mass is 16.1. The van der Waals surface area contributed by atoms with Crippen molar-refractivity contribution in [2.45, 2.75) is 0 Å². The Balaban J connectivity index is 2.80. The molecule has 12 heavy (non-hydrogen) atoms. The summed E-state index contributed by atoms with van der Waals surface area (Å²) in [6.45, 7) is 0. The zero-order valence-electron chi connectivity index (χ0n) is 6.32. The summed E-state index contributed by atoms with van der Waals surface area (Å²) in [4.78, 5) is 10.4. The van der Waals surface area contributed by atoms with Crippen LogP contribution in [0, 0.1) is 17.8 Å². The molecule has 0 aromatic heterocycles. The van der Waals surface area contributed by atoms with Crippen LogP contribution in [0.2, 0.25) is 0 Å². The second kappa shape index (κ2) is 3.54. The molecule has 1 radical (unpaired) electrons. The van der Waals surface area contributed by atoms with Crippen LogP contribution < -0.4 is 5.73 Å². The molecule has 0 aliphatic rings. The first-order valence-electron chi connectivity index (χ1n) is 3.37. The van der Waals surface area contributed by atoms with Gasteiger partial charge in [0, 0.05) is 0 Å². The molecule has 1 aromatic rings. The number of nitrogens with two attached hydrogens (primary N) is 1. The van der Waals surface area contributed by atoms with Crippen LogP contribution in [0.3, 0.4) is 0 Å². The summed E-state index contributed by atoms with van der Waals surface area (Å²) < 4.78 is 0. The molecule has 0 spiro atoms. The van der Waals surface area contributed by atoms with Gasteiger partial charge < -0.3 is 5.73 Å². The van der Waals surface area contributed by atoms with E-state index in [9.17, 15) is 4.79 Å². The van der Waals surface area contributed by atoms with Crippen LogP contribution in [-0.4, -0.2) is 5.91 Å². The molecule has 59 valence electrons. The first-order chi connectivity index (χ1) is 5.72. The van der Waals surface area contributed by atoms with Crippen LogP contribution in [0.25, 0.3) is 0 Å². The molecular formula is C9H7N2O. The Labute approximate surface area is 70.4 Å². The maximum Gasteiger partial charge on any atom is 0.226 e. The highest BCUT2D eigenvalue weighted by Gasteiger charge is 1.97. The smallest absolute Gasteiger partial charge is 0.226 e. The molecule has 0 fully saturated rings. The van der Waals surface area contributed by atoms with Gasteiger partial charge in [-0.3, -0.25) is 4.79 Å². The zero-order chi connectivity index (χ0) is 8.97. The Morgan fingerprint density at radius 2 is 2.00 bits per heavy atom. The molecule has 0 unspecified atom stereocenters. The van der Waals surface area contributed by atoms with Crippen molar-refractivity contribution in [3.05, 3.63) is 41.8 Å². The van der Waals surface area contributed by atoms with Crippen molar-refractivity contribution in [1.82, 2.24) is 0 Å². The van der Waals surface area contributed by atoms with Crippen LogP contribution in [-0.2, 0) is 4.79 Å². The number of hydrogen-bond donors (Lipinski definition) is 1. The van der Waals surface area contributed by atoms with E-state index in [1.54, 1.807) is 24.3 Å². The summed E-state index contributed by atoms with van der Waals surface area (Å²) in [6, 6.07) is 8.58. The van der Waals surface area contributed by atoms with Gasteiger partial charge in [0.15, 0.2) is 0 Å². The van der Waals surface area contributed by atoms with Crippen LogP contribution in [0.15, 0.2) is 24.3 Å². The van der Waals surface area contributed by atoms with Gasteiger partial charge in [0.05, 0.1) is 18.1 Å². The average Bonchev–Trinajstić information content (AvgIpc) is 2.05. The Bertz CT molecular complexity index is 321. The molecule has 0 saturated carbocycles. The Morgan fingerprint density at radius 3 is 2.42 bits per heavy atom. The summed E-state index contributed by atoms with van der Waals surface area (Å²) in [6.07, 6.45) is 1.31. The number of hydrogen-bond acceptors (Lipinski definition) is 2. The lowest BCUT2D eigenvalue weighted by atomic mass is 10.1. The Hall–Kier alpha value is -1.82. The molecule has 0 atom stereocenters. The first kappa shape index (κ1) is 8.28. The standard InChI is InChI=1S/C9H7N2O/c10-6-8-3-1-7(2-4-8)5-9(11)12/h1-5H,(H2,11,12). The molecule has 0 saturated heterocycles. The SMILES string of the molecule is N#Cc1ccc([CH]C(N)=O)cc1. The van der Waals surface area contributed by atoms with Crippen molar-refractivity contribution in [3.63, 3.8) is 0 Å². The fraction of sp³-hybridized carbons (Fsp3) is 0. The van der Waals surface area contributed by atoms with Crippen molar-refractivity contribution in [1.29, 1.82) is 5.26 Å². The van der Waals surface area contributed by atoms with Crippen LogP contribution >= 0.6 is 0 Å². The number of carbonyl (C=O) groups excluding carboxylic acids is 1. The van der Waals surface area contributed by atoms with Crippen molar-refractivity contribution in [2.24, 2.45) is 5.73 Å². The van der Waals surface area contributed by atoms with Gasteiger partial charge in [-0.2, -0.15) is 5.26 Å². The van der Waals surface area contributed by atoms with E-state index in [0.29, 0.717) is 11.1 Å². The van der Waals surface area contributed by atoms with E-state index < -0.39 is 5.91 Å². The summed E-state index contributed by atoms with van der Waals surface area (Å²) in [5.41, 5.74) is 6.21. The van der Waals surface area contributed by atoms with Gasteiger partial charge in [-0.05, 0) is 17.7 Å². The lowest BCUT2D eigenvalue weighted by Gasteiger charge is -1.95. The van der Waals surface area contributed by atoms with E-state index in [4.69, 9.17) is 11.0 Å². The van der Waals surface area contributed by atoms with E-state index in [2.05, 4.69) is 0 Å². The fourth-order valence-electron chi connectivity index (χ4n) is 0.818. The molecule has 1 aromatic carbocycles. The highest BCUT2D eigenvalue weighted by Crippen LogP contribution is 2.04. The van der Waals surface area contributed by atoms with Crippen molar-refractivity contribution < 1.29 is 4.79 Å². The molecule has 0 heterocycles. The Kier molecular flexibility index (Phi) is 2.44. The van der Waals surface area contributed by atoms with Crippen molar-refractivity contribution >= 4 is 5.91 Å². The molecule has 0 aliphatic carbocycles. The molecular weight excluding hydrogens is 152 g/mol. The number of nitrogens with zero attached hydrogens (tertiary/aromatic N) is 1. The normalized spacial score (nSPS) is 8.92. The van der Waals surface area contributed by atoms with Gasteiger partial charge in [0.25, 0.3) is 0 Å². The number of amides is 1. The minimum Gasteiger partial charge on any atom is -0.369 e. The summed E-state index contributed by atoms with van der Waals surface area (Å²) in [5.74, 6) is -0.486. The van der Waals surface area contributed by atoms with Gasteiger partial charge in [0.1, 0.15) is 0 Å². The van der Waals surface area contributed by atoms with Crippen molar-refractivity contribution in [3.8, 4) is 6.07 Å². The van der Waals surface area contributed by atoms with Gasteiger partial charge in [-0.15, -0.1) is 0 Å². The third-order valence-corrected chi connectivity index (χ3v) is 1.35. The van der Waals surface area contributed by atoms with Gasteiger partial charge in [-0.25, -0.2) is 0 Å². The first-order valence-corrected chi connectivity index (χ1v) is 3.37. The molecule has 3 nitrogen and oxygen atoms in total.